The maximum Gasteiger partial charge on any atom is 0.450 e. The number of piperidine rings is 1. The number of rotatable bonds is 6. The molecule has 0 radical (unpaired) electrons. The van der Waals surface area contributed by atoms with Crippen molar-refractivity contribution < 1.29 is 32.6 Å². The van der Waals surface area contributed by atoms with Gasteiger partial charge in [0, 0.05) is 31.3 Å². The summed E-state index contributed by atoms with van der Waals surface area (Å²) in [6.07, 6.45) is -1.07. The van der Waals surface area contributed by atoms with Gasteiger partial charge in [0.25, 0.3) is 11.6 Å². The summed E-state index contributed by atoms with van der Waals surface area (Å²) < 4.78 is 44.8. The third-order valence-corrected chi connectivity index (χ3v) is 5.86. The van der Waals surface area contributed by atoms with Crippen molar-refractivity contribution in [2.24, 2.45) is 5.92 Å². The summed E-state index contributed by atoms with van der Waals surface area (Å²) in [5.41, 5.74) is -1.59. The molecule has 2 aromatic rings. The van der Waals surface area contributed by atoms with Crippen LogP contribution in [0.2, 0.25) is 0 Å². The number of nitrogens with one attached hydrogen (secondary N) is 2. The van der Waals surface area contributed by atoms with Crippen LogP contribution >= 0.6 is 0 Å². The molecular formula is C23H23F3N4O4. The quantitative estimate of drug-likeness (QED) is 0.586. The van der Waals surface area contributed by atoms with Gasteiger partial charge in [-0.15, -0.1) is 0 Å². The molecule has 8 nitrogen and oxygen atoms in total. The summed E-state index contributed by atoms with van der Waals surface area (Å²) in [6, 6.07) is 11.2. The molecule has 180 valence electrons. The molecule has 2 aliphatic rings. The van der Waals surface area contributed by atoms with E-state index >= 15 is 0 Å². The van der Waals surface area contributed by atoms with Gasteiger partial charge in [-0.1, -0.05) is 30.3 Å². The predicted octanol–water partition coefficient (Wildman–Crippen LogP) is 3.59. The summed E-state index contributed by atoms with van der Waals surface area (Å²) in [5.74, 6) is -2.14. The molecule has 1 aromatic carbocycles. The van der Waals surface area contributed by atoms with Crippen LogP contribution in [0.25, 0.3) is 0 Å². The summed E-state index contributed by atoms with van der Waals surface area (Å²) in [6.45, 7) is 1.33. The van der Waals surface area contributed by atoms with Crippen LogP contribution in [0.4, 0.5) is 24.7 Å². The highest BCUT2D eigenvalue weighted by Gasteiger charge is 2.52. The van der Waals surface area contributed by atoms with E-state index in [9.17, 15) is 22.8 Å². The lowest BCUT2D eigenvalue weighted by Gasteiger charge is -2.32. The molecule has 1 saturated heterocycles. The van der Waals surface area contributed by atoms with E-state index in [1.165, 1.54) is 18.3 Å². The number of pyridine rings is 1. The zero-order chi connectivity index (χ0) is 24.3. The third kappa shape index (κ3) is 4.92. The smallest absolute Gasteiger partial charge is 0.450 e. The first kappa shape index (κ1) is 23.4. The Morgan fingerprint density at radius 1 is 1.18 bits per heavy atom. The molecule has 0 spiro atoms. The van der Waals surface area contributed by atoms with Crippen molar-refractivity contribution in [1.29, 1.82) is 0 Å². The molecule has 1 fully saturated rings. The van der Waals surface area contributed by atoms with Crippen molar-refractivity contribution in [3.05, 3.63) is 66.2 Å². The standard InChI is InChI=1S/C23H23F3N4O4/c24-23(25,26)18-14-28-22(34-18,16-4-2-1-3-5-16)21(33)29-17-6-7-19(27-13-17)30-10-8-15(9-11-30)12-20(31)32/h1-7,13-15,28H,8-12H2,(H,29,33)(H,31,32). The number of carboxylic acid groups (broad SMARTS) is 1. The van der Waals surface area contributed by atoms with Gasteiger partial charge in [0.15, 0.2) is 0 Å². The molecule has 0 saturated carbocycles. The third-order valence-electron chi connectivity index (χ3n) is 5.86. The molecule has 0 bridgehead atoms. The Morgan fingerprint density at radius 2 is 1.88 bits per heavy atom. The van der Waals surface area contributed by atoms with Gasteiger partial charge in [0.05, 0.1) is 11.9 Å². The maximum absolute atomic E-state index is 13.2. The van der Waals surface area contributed by atoms with Crippen molar-refractivity contribution in [2.45, 2.75) is 31.2 Å². The number of alkyl halides is 3. The van der Waals surface area contributed by atoms with Gasteiger partial charge in [-0.05, 0) is 30.9 Å². The number of hydrogen-bond acceptors (Lipinski definition) is 6. The first-order valence-corrected chi connectivity index (χ1v) is 10.7. The van der Waals surface area contributed by atoms with Crippen LogP contribution in [-0.2, 0) is 20.1 Å². The molecule has 11 heteroatoms. The molecule has 1 aromatic heterocycles. The largest absolute Gasteiger partial charge is 0.481 e. The van der Waals surface area contributed by atoms with E-state index in [4.69, 9.17) is 9.84 Å². The molecule has 34 heavy (non-hydrogen) atoms. The van der Waals surface area contributed by atoms with Crippen LogP contribution in [0.5, 0.6) is 0 Å². The fraction of sp³-hybridized carbons (Fsp3) is 0.348. The van der Waals surface area contributed by atoms with E-state index < -0.39 is 29.5 Å². The number of nitrogens with zero attached hydrogens (tertiary/aromatic N) is 2. The highest BCUT2D eigenvalue weighted by atomic mass is 19.4. The number of carboxylic acids is 1. The average molecular weight is 476 g/mol. The molecular weight excluding hydrogens is 453 g/mol. The molecule has 1 atom stereocenters. The number of ether oxygens (including phenoxy) is 1. The number of anilines is 2. The SMILES string of the molecule is O=C(O)CC1CCN(c2ccc(NC(=O)C3(c4ccccc4)NC=C(C(F)(F)F)O3)cn2)CC1. The topological polar surface area (TPSA) is 104 Å². The number of amides is 1. The Balaban J connectivity index is 1.45. The number of carbonyl (C=O) groups excluding carboxylic acids is 1. The summed E-state index contributed by atoms with van der Waals surface area (Å²) >= 11 is 0. The fourth-order valence-electron chi connectivity index (χ4n) is 4.07. The molecule has 1 unspecified atom stereocenters. The highest BCUT2D eigenvalue weighted by molar-refractivity contribution is 5.98. The van der Waals surface area contributed by atoms with Gasteiger partial charge in [-0.25, -0.2) is 4.98 Å². The summed E-state index contributed by atoms with van der Waals surface area (Å²) in [4.78, 5) is 30.4. The number of aliphatic carboxylic acids is 1. The van der Waals surface area contributed by atoms with Gasteiger partial charge in [0.2, 0.25) is 5.76 Å². The van der Waals surface area contributed by atoms with Crippen LogP contribution < -0.4 is 15.5 Å². The Hall–Kier alpha value is -3.76. The summed E-state index contributed by atoms with van der Waals surface area (Å²) in [5, 5.41) is 14.0. The van der Waals surface area contributed by atoms with Gasteiger partial charge >= 0.3 is 12.1 Å². The van der Waals surface area contributed by atoms with Crippen molar-refractivity contribution in [1.82, 2.24) is 10.3 Å². The second-order valence-electron chi connectivity index (χ2n) is 8.19. The van der Waals surface area contributed by atoms with E-state index in [0.717, 1.165) is 12.8 Å². The number of benzene rings is 1. The maximum atomic E-state index is 13.2. The van der Waals surface area contributed by atoms with E-state index in [0.29, 0.717) is 25.1 Å². The van der Waals surface area contributed by atoms with Gasteiger partial charge in [-0.2, -0.15) is 13.2 Å². The van der Waals surface area contributed by atoms with Crippen LogP contribution in [0.15, 0.2) is 60.6 Å². The lowest BCUT2D eigenvalue weighted by Crippen LogP contribution is -2.49. The molecule has 1 amide bonds. The molecule has 2 aliphatic heterocycles. The lowest BCUT2D eigenvalue weighted by molar-refractivity contribution is -0.163. The van der Waals surface area contributed by atoms with Gasteiger partial charge < -0.3 is 25.4 Å². The van der Waals surface area contributed by atoms with Crippen molar-refractivity contribution in [3.8, 4) is 0 Å². The number of carbonyl (C=O) groups is 2. The van der Waals surface area contributed by atoms with E-state index in [2.05, 4.69) is 15.6 Å². The minimum absolute atomic E-state index is 0.135. The van der Waals surface area contributed by atoms with Crippen LogP contribution in [0, 0.1) is 5.92 Å². The van der Waals surface area contributed by atoms with Crippen molar-refractivity contribution in [2.75, 3.05) is 23.3 Å². The fourth-order valence-corrected chi connectivity index (χ4v) is 4.07. The summed E-state index contributed by atoms with van der Waals surface area (Å²) in [7, 11) is 0. The normalized spacial score (nSPS) is 20.8. The average Bonchev–Trinajstić information content (AvgIpc) is 3.28. The lowest BCUT2D eigenvalue weighted by atomic mass is 9.94. The highest BCUT2D eigenvalue weighted by Crippen LogP contribution is 2.38. The number of hydrogen-bond donors (Lipinski definition) is 3. The minimum atomic E-state index is -4.76. The monoisotopic (exact) mass is 476 g/mol. The van der Waals surface area contributed by atoms with Gasteiger partial charge in [0.1, 0.15) is 5.82 Å². The number of halogens is 3. The van der Waals surface area contributed by atoms with Crippen LogP contribution in [0.3, 0.4) is 0 Å². The van der Waals surface area contributed by atoms with E-state index in [1.54, 1.807) is 30.3 Å². The Labute approximate surface area is 193 Å². The minimum Gasteiger partial charge on any atom is -0.481 e. The molecule has 3 N–H and O–H groups in total. The zero-order valence-electron chi connectivity index (χ0n) is 18.0. The van der Waals surface area contributed by atoms with Crippen LogP contribution in [0.1, 0.15) is 24.8 Å². The Morgan fingerprint density at radius 3 is 2.44 bits per heavy atom. The first-order chi connectivity index (χ1) is 16.2. The predicted molar refractivity (Wildman–Crippen MR) is 117 cm³/mol. The van der Waals surface area contributed by atoms with E-state index in [-0.39, 0.29) is 23.6 Å². The number of aromatic nitrogens is 1. The van der Waals surface area contributed by atoms with Gasteiger partial charge in [-0.3, -0.25) is 9.59 Å². The molecule has 0 aliphatic carbocycles. The zero-order valence-corrected chi connectivity index (χ0v) is 18.0. The van der Waals surface area contributed by atoms with Crippen LogP contribution in [-0.4, -0.2) is 41.2 Å². The Bertz CT molecular complexity index is 1070. The molecule has 3 heterocycles. The molecule has 4 rings (SSSR count). The van der Waals surface area contributed by atoms with Crippen molar-refractivity contribution >= 4 is 23.4 Å². The Kier molecular flexibility index (Phi) is 6.36. The second-order valence-corrected chi connectivity index (χ2v) is 8.19. The number of allylic oxidation sites excluding steroid dienone is 1. The first-order valence-electron chi connectivity index (χ1n) is 10.7. The van der Waals surface area contributed by atoms with Crippen molar-refractivity contribution in [3.63, 3.8) is 0 Å². The van der Waals surface area contributed by atoms with E-state index in [1.807, 2.05) is 4.90 Å². The second kappa shape index (κ2) is 9.24.